The molecule has 3 aromatic rings. The van der Waals surface area contributed by atoms with E-state index in [1.165, 1.54) is 0 Å². The van der Waals surface area contributed by atoms with Crippen LogP contribution < -0.4 is 5.73 Å². The van der Waals surface area contributed by atoms with Crippen molar-refractivity contribution in [1.29, 1.82) is 0 Å². The van der Waals surface area contributed by atoms with Gasteiger partial charge in [0.25, 0.3) is 0 Å². The van der Waals surface area contributed by atoms with Crippen LogP contribution in [0.2, 0.25) is 0 Å². The van der Waals surface area contributed by atoms with E-state index in [-0.39, 0.29) is 0 Å². The van der Waals surface area contributed by atoms with E-state index in [0.29, 0.717) is 16.2 Å². The smallest absolute Gasteiger partial charge is 0.181 e. The van der Waals surface area contributed by atoms with Crippen molar-refractivity contribution in [3.05, 3.63) is 46.8 Å². The Balaban J connectivity index is 2.26. The normalized spacial score (nSPS) is 10.8. The van der Waals surface area contributed by atoms with Gasteiger partial charge in [-0.2, -0.15) is 0 Å². The first-order valence-electron chi connectivity index (χ1n) is 5.73. The second-order valence-electron chi connectivity index (χ2n) is 4.19. The maximum Gasteiger partial charge on any atom is 0.181 e. The summed E-state index contributed by atoms with van der Waals surface area (Å²) in [5.74, 6) is 0.977. The van der Waals surface area contributed by atoms with Crippen molar-refractivity contribution in [2.75, 3.05) is 5.73 Å². The number of nitrogen functional groups attached to an aromatic ring is 1. The second-order valence-corrected chi connectivity index (χ2v) is 4.92. The molecule has 2 heterocycles. The number of aryl methyl sites for hydroxylation is 1. The summed E-state index contributed by atoms with van der Waals surface area (Å²) < 4.78 is 11.2. The van der Waals surface area contributed by atoms with E-state index >= 15 is 0 Å². The van der Waals surface area contributed by atoms with Crippen molar-refractivity contribution in [3.63, 3.8) is 0 Å². The Kier molecular flexibility index (Phi) is 2.91. The molecule has 0 unspecified atom stereocenters. The summed E-state index contributed by atoms with van der Waals surface area (Å²) in [5.41, 5.74) is 9.65. The first-order chi connectivity index (χ1) is 9.18. The van der Waals surface area contributed by atoms with Gasteiger partial charge in [-0.05, 0) is 40.0 Å². The Morgan fingerprint density at radius 1 is 1.16 bits per heavy atom. The molecule has 0 amide bonds. The minimum absolute atomic E-state index is 0.373. The molecule has 0 bridgehead atoms. The SMILES string of the molecule is Cc1ccccc1-c1c(N)noc1-c1ccoc1Br. The quantitative estimate of drug-likeness (QED) is 0.766. The molecule has 0 atom stereocenters. The van der Waals surface area contributed by atoms with Crippen LogP contribution in [-0.2, 0) is 0 Å². The fourth-order valence-corrected chi connectivity index (χ4v) is 2.48. The van der Waals surface area contributed by atoms with E-state index in [2.05, 4.69) is 21.1 Å². The van der Waals surface area contributed by atoms with Gasteiger partial charge in [0.2, 0.25) is 0 Å². The topological polar surface area (TPSA) is 65.2 Å². The van der Waals surface area contributed by atoms with E-state index in [0.717, 1.165) is 22.3 Å². The van der Waals surface area contributed by atoms with Crippen molar-refractivity contribution in [1.82, 2.24) is 5.16 Å². The van der Waals surface area contributed by atoms with Crippen molar-refractivity contribution in [3.8, 4) is 22.5 Å². The van der Waals surface area contributed by atoms with Gasteiger partial charge in [-0.3, -0.25) is 0 Å². The molecule has 0 saturated carbocycles. The average molecular weight is 319 g/mol. The average Bonchev–Trinajstić information content (AvgIpc) is 2.96. The zero-order valence-electron chi connectivity index (χ0n) is 10.2. The Morgan fingerprint density at radius 2 is 1.95 bits per heavy atom. The minimum atomic E-state index is 0.373. The number of hydrogen-bond acceptors (Lipinski definition) is 4. The summed E-state index contributed by atoms with van der Waals surface area (Å²) in [6.45, 7) is 2.02. The van der Waals surface area contributed by atoms with E-state index in [1.807, 2.05) is 37.3 Å². The summed E-state index contributed by atoms with van der Waals surface area (Å²) in [7, 11) is 0. The zero-order chi connectivity index (χ0) is 13.4. The number of aromatic nitrogens is 1. The van der Waals surface area contributed by atoms with Crippen LogP contribution in [0.3, 0.4) is 0 Å². The molecule has 0 fully saturated rings. The third kappa shape index (κ3) is 1.96. The van der Waals surface area contributed by atoms with Gasteiger partial charge in [0, 0.05) is 0 Å². The molecule has 2 N–H and O–H groups in total. The Hall–Kier alpha value is -2.01. The lowest BCUT2D eigenvalue weighted by Gasteiger charge is -2.05. The van der Waals surface area contributed by atoms with Gasteiger partial charge in [0.15, 0.2) is 16.2 Å². The van der Waals surface area contributed by atoms with Crippen molar-refractivity contribution < 1.29 is 8.94 Å². The maximum absolute atomic E-state index is 5.95. The largest absolute Gasteiger partial charge is 0.457 e. The standard InChI is InChI=1S/C14H11BrN2O2/c1-8-4-2-3-5-9(8)11-12(19-17-14(11)16)10-6-7-18-13(10)15/h2-7H,1H3,(H2,16,17). The van der Waals surface area contributed by atoms with E-state index in [1.54, 1.807) is 6.26 Å². The summed E-state index contributed by atoms with van der Waals surface area (Å²) in [6.07, 6.45) is 1.58. The number of anilines is 1. The van der Waals surface area contributed by atoms with E-state index in [9.17, 15) is 0 Å². The van der Waals surface area contributed by atoms with Crippen LogP contribution in [0.5, 0.6) is 0 Å². The third-order valence-electron chi connectivity index (χ3n) is 3.00. The molecule has 2 aromatic heterocycles. The molecule has 0 aliphatic carbocycles. The molecule has 96 valence electrons. The highest BCUT2D eigenvalue weighted by Crippen LogP contribution is 2.40. The first kappa shape index (κ1) is 12.0. The van der Waals surface area contributed by atoms with Gasteiger partial charge in [0.1, 0.15) is 0 Å². The Bertz CT molecular complexity index is 731. The van der Waals surface area contributed by atoms with Crippen LogP contribution in [0, 0.1) is 6.92 Å². The molecule has 0 radical (unpaired) electrons. The highest BCUT2D eigenvalue weighted by atomic mass is 79.9. The van der Waals surface area contributed by atoms with Gasteiger partial charge in [0.05, 0.1) is 17.4 Å². The zero-order valence-corrected chi connectivity index (χ0v) is 11.8. The van der Waals surface area contributed by atoms with Crippen LogP contribution in [0.1, 0.15) is 5.56 Å². The molecule has 5 heteroatoms. The number of halogens is 1. The van der Waals surface area contributed by atoms with Gasteiger partial charge >= 0.3 is 0 Å². The van der Waals surface area contributed by atoms with Crippen molar-refractivity contribution in [2.24, 2.45) is 0 Å². The summed E-state index contributed by atoms with van der Waals surface area (Å²) in [6, 6.07) is 9.77. The van der Waals surface area contributed by atoms with Crippen LogP contribution >= 0.6 is 15.9 Å². The summed E-state index contributed by atoms with van der Waals surface area (Å²) in [4.78, 5) is 0. The highest BCUT2D eigenvalue weighted by Gasteiger charge is 2.21. The number of benzene rings is 1. The third-order valence-corrected chi connectivity index (χ3v) is 3.61. The second kappa shape index (κ2) is 4.59. The molecular formula is C14H11BrN2O2. The number of rotatable bonds is 2. The van der Waals surface area contributed by atoms with Crippen LogP contribution in [0.25, 0.3) is 22.5 Å². The minimum Gasteiger partial charge on any atom is -0.457 e. The predicted octanol–water partition coefficient (Wildman–Crippen LogP) is 4.25. The van der Waals surface area contributed by atoms with Crippen LogP contribution in [0.15, 0.2) is 50.2 Å². The summed E-state index contributed by atoms with van der Waals surface area (Å²) >= 11 is 3.34. The van der Waals surface area contributed by atoms with Gasteiger partial charge < -0.3 is 14.7 Å². The number of nitrogens with zero attached hydrogens (tertiary/aromatic N) is 1. The number of hydrogen-bond donors (Lipinski definition) is 1. The number of nitrogens with two attached hydrogens (primary N) is 1. The van der Waals surface area contributed by atoms with Crippen molar-refractivity contribution in [2.45, 2.75) is 6.92 Å². The maximum atomic E-state index is 5.95. The Morgan fingerprint density at radius 3 is 2.63 bits per heavy atom. The predicted molar refractivity (Wildman–Crippen MR) is 76.5 cm³/mol. The monoisotopic (exact) mass is 318 g/mol. The molecule has 1 aromatic carbocycles. The number of furan rings is 1. The molecule has 3 rings (SSSR count). The lowest BCUT2D eigenvalue weighted by Crippen LogP contribution is -1.90. The first-order valence-corrected chi connectivity index (χ1v) is 6.52. The van der Waals surface area contributed by atoms with Crippen LogP contribution in [-0.4, -0.2) is 5.16 Å². The lowest BCUT2D eigenvalue weighted by molar-refractivity contribution is 0.434. The van der Waals surface area contributed by atoms with Gasteiger partial charge in [-0.25, -0.2) is 0 Å². The molecular weight excluding hydrogens is 308 g/mol. The van der Waals surface area contributed by atoms with Crippen LogP contribution in [0.4, 0.5) is 5.82 Å². The molecule has 19 heavy (non-hydrogen) atoms. The van der Waals surface area contributed by atoms with E-state index < -0.39 is 0 Å². The van der Waals surface area contributed by atoms with Gasteiger partial charge in [-0.1, -0.05) is 29.4 Å². The lowest BCUT2D eigenvalue weighted by atomic mass is 9.99. The Labute approximate surface area is 118 Å². The molecule has 4 nitrogen and oxygen atoms in total. The fraction of sp³-hybridized carbons (Fsp3) is 0.0714. The van der Waals surface area contributed by atoms with Gasteiger partial charge in [-0.15, -0.1) is 0 Å². The summed E-state index contributed by atoms with van der Waals surface area (Å²) in [5, 5.41) is 3.87. The highest BCUT2D eigenvalue weighted by molar-refractivity contribution is 9.10. The van der Waals surface area contributed by atoms with Crippen molar-refractivity contribution >= 4 is 21.7 Å². The molecule has 0 saturated heterocycles. The molecule has 0 aliphatic rings. The molecule has 0 spiro atoms. The molecule has 0 aliphatic heterocycles. The fourth-order valence-electron chi connectivity index (χ4n) is 2.06. The van der Waals surface area contributed by atoms with E-state index in [4.69, 9.17) is 14.7 Å².